The van der Waals surface area contributed by atoms with Gasteiger partial charge in [0.15, 0.2) is 0 Å². The van der Waals surface area contributed by atoms with E-state index < -0.39 is 23.8 Å². The molecule has 3 amide bonds. The zero-order valence-corrected chi connectivity index (χ0v) is 13.1. The lowest BCUT2D eigenvalue weighted by Crippen LogP contribution is -2.43. The summed E-state index contributed by atoms with van der Waals surface area (Å²) in [5.74, 6) is -1.28. The Labute approximate surface area is 142 Å². The fourth-order valence-electron chi connectivity index (χ4n) is 2.30. The number of benzene rings is 1. The van der Waals surface area contributed by atoms with Crippen LogP contribution in [0.25, 0.3) is 0 Å². The van der Waals surface area contributed by atoms with Gasteiger partial charge in [-0.15, -0.1) is 0 Å². The molecule has 1 aliphatic rings. The van der Waals surface area contributed by atoms with E-state index in [-0.39, 0.29) is 6.42 Å². The molecule has 2 heterocycles. The van der Waals surface area contributed by atoms with Crippen molar-refractivity contribution in [3.8, 4) is 0 Å². The highest BCUT2D eigenvalue weighted by molar-refractivity contribution is 6.29. The average molecular weight is 345 g/mol. The molecule has 0 saturated heterocycles. The molecule has 0 bridgehead atoms. The molecule has 3 N–H and O–H groups in total. The molecule has 1 aliphatic heterocycles. The van der Waals surface area contributed by atoms with Crippen LogP contribution in [0.5, 0.6) is 0 Å². The van der Waals surface area contributed by atoms with Gasteiger partial charge in [0.25, 0.3) is 5.91 Å². The van der Waals surface area contributed by atoms with Crippen LogP contribution in [-0.2, 0) is 9.59 Å². The van der Waals surface area contributed by atoms with Crippen LogP contribution in [0.1, 0.15) is 16.8 Å². The van der Waals surface area contributed by atoms with Crippen LogP contribution in [0.15, 0.2) is 42.6 Å². The Morgan fingerprint density at radius 1 is 1.21 bits per heavy atom. The minimum atomic E-state index is -0.967. The highest BCUT2D eigenvalue weighted by Gasteiger charge is 2.29. The highest BCUT2D eigenvalue weighted by Crippen LogP contribution is 2.19. The minimum Gasteiger partial charge on any atom is -0.340 e. The quantitative estimate of drug-likeness (QED) is 0.739. The van der Waals surface area contributed by atoms with E-state index in [9.17, 15) is 14.4 Å². The third-order valence-electron chi connectivity index (χ3n) is 3.45. The number of fused-ring (bicyclic) bond motifs is 1. The molecule has 2 aromatic rings. The number of anilines is 2. The molecule has 1 atom stereocenters. The predicted octanol–water partition coefficient (Wildman–Crippen LogP) is 1.81. The summed E-state index contributed by atoms with van der Waals surface area (Å²) < 4.78 is 0. The van der Waals surface area contributed by atoms with Crippen LogP contribution in [0.4, 0.5) is 11.4 Å². The van der Waals surface area contributed by atoms with E-state index in [2.05, 4.69) is 20.9 Å². The van der Waals surface area contributed by atoms with Crippen LogP contribution in [0.2, 0.25) is 5.15 Å². The molecule has 0 aliphatic carbocycles. The summed E-state index contributed by atoms with van der Waals surface area (Å²) in [6.07, 6.45) is 1.20. The van der Waals surface area contributed by atoms with Crippen molar-refractivity contribution < 1.29 is 14.4 Å². The lowest BCUT2D eigenvalue weighted by Gasteiger charge is -2.14. The normalized spacial score (nSPS) is 16.5. The monoisotopic (exact) mass is 344 g/mol. The summed E-state index contributed by atoms with van der Waals surface area (Å²) in [6.45, 7) is 0. The van der Waals surface area contributed by atoms with Gasteiger partial charge >= 0.3 is 0 Å². The van der Waals surface area contributed by atoms with Gasteiger partial charge < -0.3 is 16.0 Å². The highest BCUT2D eigenvalue weighted by atomic mass is 35.5. The number of hydrogen-bond donors (Lipinski definition) is 3. The summed E-state index contributed by atoms with van der Waals surface area (Å²) in [4.78, 5) is 40.3. The smallest absolute Gasteiger partial charge is 0.254 e. The Balaban J connectivity index is 1.69. The van der Waals surface area contributed by atoms with Gasteiger partial charge in [-0.1, -0.05) is 23.7 Å². The topological polar surface area (TPSA) is 100 Å². The van der Waals surface area contributed by atoms with E-state index in [0.29, 0.717) is 22.1 Å². The molecule has 122 valence electrons. The first-order chi connectivity index (χ1) is 11.5. The summed E-state index contributed by atoms with van der Waals surface area (Å²) in [5.41, 5.74) is 1.23. The maximum Gasteiger partial charge on any atom is 0.254 e. The van der Waals surface area contributed by atoms with Crippen LogP contribution in [0, 0.1) is 0 Å². The minimum absolute atomic E-state index is 0.200. The number of para-hydroxylation sites is 1. The van der Waals surface area contributed by atoms with Gasteiger partial charge in [0.2, 0.25) is 11.8 Å². The molecular formula is C16H13ClN4O3. The predicted molar refractivity (Wildman–Crippen MR) is 88.8 cm³/mol. The van der Waals surface area contributed by atoms with Crippen LogP contribution >= 0.6 is 11.6 Å². The number of rotatable bonds is 3. The molecule has 0 radical (unpaired) electrons. The van der Waals surface area contributed by atoms with E-state index in [1.165, 1.54) is 12.3 Å². The van der Waals surface area contributed by atoms with E-state index in [4.69, 9.17) is 11.6 Å². The maximum absolute atomic E-state index is 12.2. The largest absolute Gasteiger partial charge is 0.340 e. The van der Waals surface area contributed by atoms with Gasteiger partial charge in [0, 0.05) is 0 Å². The van der Waals surface area contributed by atoms with Gasteiger partial charge in [-0.05, 0) is 24.3 Å². The molecule has 8 heteroatoms. The zero-order chi connectivity index (χ0) is 17.1. The number of nitrogens with zero attached hydrogens (tertiary/aromatic N) is 1. The number of carbonyl (C=O) groups is 3. The van der Waals surface area contributed by atoms with E-state index in [0.717, 1.165) is 0 Å². The van der Waals surface area contributed by atoms with Crippen LogP contribution < -0.4 is 16.0 Å². The zero-order valence-electron chi connectivity index (χ0n) is 12.4. The second-order valence-electron chi connectivity index (χ2n) is 5.18. The van der Waals surface area contributed by atoms with Crippen molar-refractivity contribution in [1.29, 1.82) is 0 Å². The van der Waals surface area contributed by atoms with Gasteiger partial charge in [-0.2, -0.15) is 0 Å². The number of amides is 3. The third-order valence-corrected chi connectivity index (χ3v) is 3.68. The number of aromatic nitrogens is 1. The first-order valence-corrected chi connectivity index (χ1v) is 7.53. The molecule has 0 saturated carbocycles. The number of hydrogen-bond acceptors (Lipinski definition) is 4. The summed E-state index contributed by atoms with van der Waals surface area (Å²) in [6, 6.07) is 8.81. The summed E-state index contributed by atoms with van der Waals surface area (Å²) in [5, 5.41) is 8.12. The number of pyridine rings is 1. The van der Waals surface area contributed by atoms with Crippen LogP contribution in [0.3, 0.4) is 0 Å². The Morgan fingerprint density at radius 2 is 2.00 bits per heavy atom. The molecular weight excluding hydrogens is 332 g/mol. The first kappa shape index (κ1) is 15.9. The Bertz CT molecular complexity index is 807. The fraction of sp³-hybridized carbons (Fsp3) is 0.125. The van der Waals surface area contributed by atoms with Gasteiger partial charge in [0.05, 0.1) is 29.6 Å². The summed E-state index contributed by atoms with van der Waals surface area (Å²) >= 11 is 5.68. The SMILES string of the molecule is O=C(C[C@@H]1NC(=O)c2ccccc2NC1=O)Nc1ccc(Cl)nc1. The standard InChI is InChI=1S/C16H13ClN4O3/c17-13-6-5-9(8-18-13)19-14(22)7-12-16(24)20-11-4-2-1-3-10(11)15(23)21-12/h1-6,8,12H,7H2,(H,19,22)(H,20,24)(H,21,23)/t12-/m0/s1. The number of nitrogens with one attached hydrogen (secondary N) is 3. The van der Waals surface area contributed by atoms with Crippen molar-refractivity contribution in [1.82, 2.24) is 10.3 Å². The molecule has 24 heavy (non-hydrogen) atoms. The van der Waals surface area contributed by atoms with E-state index >= 15 is 0 Å². The van der Waals surface area contributed by atoms with Crippen LogP contribution in [-0.4, -0.2) is 28.7 Å². The van der Waals surface area contributed by atoms with Crippen molar-refractivity contribution in [3.05, 3.63) is 53.3 Å². The van der Waals surface area contributed by atoms with Crippen molar-refractivity contribution in [3.63, 3.8) is 0 Å². The second kappa shape index (κ2) is 6.67. The molecule has 1 aromatic carbocycles. The molecule has 0 unspecified atom stereocenters. The maximum atomic E-state index is 12.2. The van der Waals surface area contributed by atoms with E-state index in [1.54, 1.807) is 30.3 Å². The molecule has 0 fully saturated rings. The molecule has 1 aromatic heterocycles. The van der Waals surface area contributed by atoms with Gasteiger partial charge in [0.1, 0.15) is 11.2 Å². The Kier molecular flexibility index (Phi) is 4.43. The Hall–Kier alpha value is -2.93. The number of halogens is 1. The van der Waals surface area contributed by atoms with Crippen molar-refractivity contribution in [2.75, 3.05) is 10.6 Å². The molecule has 0 spiro atoms. The lowest BCUT2D eigenvalue weighted by molar-refractivity contribution is -0.122. The Morgan fingerprint density at radius 3 is 2.75 bits per heavy atom. The van der Waals surface area contributed by atoms with E-state index in [1.807, 2.05) is 0 Å². The summed E-state index contributed by atoms with van der Waals surface area (Å²) in [7, 11) is 0. The van der Waals surface area contributed by atoms with Gasteiger partial charge in [-0.3, -0.25) is 14.4 Å². The van der Waals surface area contributed by atoms with Crippen molar-refractivity contribution >= 4 is 40.7 Å². The average Bonchev–Trinajstić information content (AvgIpc) is 2.67. The van der Waals surface area contributed by atoms with Crippen molar-refractivity contribution in [2.24, 2.45) is 0 Å². The third kappa shape index (κ3) is 3.52. The number of carbonyl (C=O) groups excluding carboxylic acids is 3. The second-order valence-corrected chi connectivity index (χ2v) is 5.57. The first-order valence-electron chi connectivity index (χ1n) is 7.15. The van der Waals surface area contributed by atoms with Crippen molar-refractivity contribution in [2.45, 2.75) is 12.5 Å². The molecule has 7 nitrogen and oxygen atoms in total. The fourth-order valence-corrected chi connectivity index (χ4v) is 2.41. The molecule has 3 rings (SSSR count). The van der Waals surface area contributed by atoms with Gasteiger partial charge in [-0.25, -0.2) is 4.98 Å². The lowest BCUT2D eigenvalue weighted by atomic mass is 10.1.